The lowest BCUT2D eigenvalue weighted by molar-refractivity contribution is -0.143. The smallest absolute Gasteiger partial charge is 0.328 e. The number of carboxylic acid groups (broad SMARTS) is 1. The minimum absolute atomic E-state index is 0.0573. The van der Waals surface area contributed by atoms with Gasteiger partial charge in [0.2, 0.25) is 5.91 Å². The maximum Gasteiger partial charge on any atom is 0.328 e. The first kappa shape index (κ1) is 12.9. The van der Waals surface area contributed by atoms with Crippen LogP contribution in [0.1, 0.15) is 6.92 Å². The van der Waals surface area contributed by atoms with Crippen molar-refractivity contribution in [3.8, 4) is 0 Å². The summed E-state index contributed by atoms with van der Waals surface area (Å²) >= 11 is 0. The van der Waals surface area contributed by atoms with Crippen molar-refractivity contribution < 1.29 is 24.2 Å². The minimum Gasteiger partial charge on any atom is -0.480 e. The predicted octanol–water partition coefficient (Wildman–Crippen LogP) is -0.761. The van der Waals surface area contributed by atoms with Crippen LogP contribution in [0.3, 0.4) is 0 Å². The summed E-state index contributed by atoms with van der Waals surface area (Å²) in [5.74, 6) is -1.51. The van der Waals surface area contributed by atoms with Crippen LogP contribution in [0.5, 0.6) is 0 Å². The molecule has 0 bridgehead atoms. The van der Waals surface area contributed by atoms with E-state index >= 15 is 0 Å². The summed E-state index contributed by atoms with van der Waals surface area (Å²) in [6.45, 7) is 1.90. The van der Waals surface area contributed by atoms with Crippen molar-refractivity contribution in [3.63, 3.8) is 0 Å². The fraction of sp³-hybridized carbons (Fsp3) is 0.750. The predicted molar refractivity (Wildman–Crippen MR) is 47.9 cm³/mol. The first-order valence-electron chi connectivity index (χ1n) is 4.14. The van der Waals surface area contributed by atoms with E-state index in [-0.39, 0.29) is 6.61 Å². The number of carbonyl (C=O) groups is 2. The molecular weight excluding hydrogens is 190 g/mol. The molecule has 0 rings (SSSR count). The molecule has 0 radical (unpaired) electrons. The third-order valence-electron chi connectivity index (χ3n) is 1.39. The van der Waals surface area contributed by atoms with Crippen LogP contribution in [0, 0.1) is 0 Å². The summed E-state index contributed by atoms with van der Waals surface area (Å²) in [4.78, 5) is 21.2. The van der Waals surface area contributed by atoms with Gasteiger partial charge in [-0.1, -0.05) is 0 Å². The molecule has 0 aliphatic heterocycles. The van der Waals surface area contributed by atoms with Crippen LogP contribution in [0.25, 0.3) is 0 Å². The molecule has 0 heterocycles. The molecular formula is C8H15NO5. The first-order chi connectivity index (χ1) is 6.57. The van der Waals surface area contributed by atoms with E-state index in [1.54, 1.807) is 0 Å². The van der Waals surface area contributed by atoms with Gasteiger partial charge in [0.05, 0.1) is 19.8 Å². The van der Waals surface area contributed by atoms with Crippen LogP contribution >= 0.6 is 0 Å². The Balaban J connectivity index is 3.74. The number of methoxy groups -OCH3 is 1. The summed E-state index contributed by atoms with van der Waals surface area (Å²) in [7, 11) is 1.52. The quantitative estimate of drug-likeness (QED) is 0.533. The molecule has 0 aromatic carbocycles. The number of hydrogen-bond acceptors (Lipinski definition) is 4. The number of hydrogen-bond donors (Lipinski definition) is 2. The van der Waals surface area contributed by atoms with Gasteiger partial charge in [-0.25, -0.2) is 4.79 Å². The zero-order valence-electron chi connectivity index (χ0n) is 8.28. The van der Waals surface area contributed by atoms with Crippen LogP contribution in [0.4, 0.5) is 0 Å². The Hall–Kier alpha value is -1.14. The molecule has 0 unspecified atom stereocenters. The van der Waals surface area contributed by atoms with Crippen molar-refractivity contribution >= 4 is 11.9 Å². The van der Waals surface area contributed by atoms with Crippen LogP contribution in [-0.4, -0.2) is 50.0 Å². The largest absolute Gasteiger partial charge is 0.480 e. The average Bonchev–Trinajstić information content (AvgIpc) is 2.09. The van der Waals surface area contributed by atoms with Gasteiger partial charge in [-0.05, 0) is 0 Å². The van der Waals surface area contributed by atoms with Crippen molar-refractivity contribution in [1.29, 1.82) is 0 Å². The van der Waals surface area contributed by atoms with Crippen molar-refractivity contribution in [3.05, 3.63) is 0 Å². The first-order valence-corrected chi connectivity index (χ1v) is 4.14. The van der Waals surface area contributed by atoms with Crippen molar-refractivity contribution in [2.45, 2.75) is 13.0 Å². The summed E-state index contributed by atoms with van der Waals surface area (Å²) in [6, 6.07) is -0.996. The summed E-state index contributed by atoms with van der Waals surface area (Å²) < 4.78 is 9.68. The lowest BCUT2D eigenvalue weighted by Crippen LogP contribution is -2.43. The fourth-order valence-electron chi connectivity index (χ4n) is 0.763. The second-order valence-electron chi connectivity index (χ2n) is 2.66. The number of rotatable bonds is 7. The highest BCUT2D eigenvalue weighted by Gasteiger charge is 2.17. The zero-order chi connectivity index (χ0) is 11.0. The fourth-order valence-corrected chi connectivity index (χ4v) is 0.763. The lowest BCUT2D eigenvalue weighted by Gasteiger charge is -2.13. The highest BCUT2D eigenvalue weighted by Crippen LogP contribution is 1.87. The molecule has 6 nitrogen and oxygen atoms in total. The van der Waals surface area contributed by atoms with Gasteiger partial charge in [0.15, 0.2) is 6.04 Å². The SMILES string of the molecule is COCCOC[C@@H](NC(C)=O)C(=O)O. The topological polar surface area (TPSA) is 84.9 Å². The number of ether oxygens (including phenoxy) is 2. The molecule has 0 aromatic rings. The van der Waals surface area contributed by atoms with Crippen molar-refractivity contribution in [2.24, 2.45) is 0 Å². The number of carboxylic acids is 1. The Bertz CT molecular complexity index is 194. The van der Waals surface area contributed by atoms with E-state index in [2.05, 4.69) is 5.32 Å². The van der Waals surface area contributed by atoms with Gasteiger partial charge >= 0.3 is 5.97 Å². The van der Waals surface area contributed by atoms with E-state index in [4.69, 9.17) is 14.6 Å². The third-order valence-corrected chi connectivity index (χ3v) is 1.39. The van der Waals surface area contributed by atoms with E-state index in [1.165, 1.54) is 14.0 Å². The van der Waals surface area contributed by atoms with Gasteiger partial charge in [-0.3, -0.25) is 4.79 Å². The molecule has 0 aliphatic carbocycles. The average molecular weight is 205 g/mol. The molecule has 0 aromatic heterocycles. The van der Waals surface area contributed by atoms with Gasteiger partial charge in [-0.2, -0.15) is 0 Å². The van der Waals surface area contributed by atoms with Crippen LogP contribution in [-0.2, 0) is 19.1 Å². The van der Waals surface area contributed by atoms with Crippen LogP contribution in [0.15, 0.2) is 0 Å². The molecule has 0 saturated carbocycles. The Morgan fingerprint density at radius 1 is 1.43 bits per heavy atom. The summed E-state index contributed by atoms with van der Waals surface area (Å²) in [5, 5.41) is 10.9. The van der Waals surface area contributed by atoms with Gasteiger partial charge in [0.1, 0.15) is 0 Å². The number of carbonyl (C=O) groups excluding carboxylic acids is 1. The molecule has 6 heteroatoms. The molecule has 0 spiro atoms. The molecule has 82 valence electrons. The number of amides is 1. The maximum absolute atomic E-state index is 10.6. The highest BCUT2D eigenvalue weighted by molar-refractivity contribution is 5.82. The molecule has 1 amide bonds. The Kier molecular flexibility index (Phi) is 6.69. The van der Waals surface area contributed by atoms with Crippen molar-refractivity contribution in [1.82, 2.24) is 5.32 Å². The highest BCUT2D eigenvalue weighted by atomic mass is 16.5. The van der Waals surface area contributed by atoms with Crippen LogP contribution in [0.2, 0.25) is 0 Å². The maximum atomic E-state index is 10.6. The molecule has 0 aliphatic rings. The van der Waals surface area contributed by atoms with Crippen LogP contribution < -0.4 is 5.32 Å². The number of nitrogens with one attached hydrogen (secondary N) is 1. The molecule has 0 saturated heterocycles. The normalized spacial score (nSPS) is 12.1. The van der Waals surface area contributed by atoms with E-state index < -0.39 is 17.9 Å². The van der Waals surface area contributed by atoms with Gasteiger partial charge in [0.25, 0.3) is 0 Å². The minimum atomic E-state index is -1.11. The van der Waals surface area contributed by atoms with E-state index in [1.807, 2.05) is 0 Å². The second kappa shape index (κ2) is 7.28. The number of aliphatic carboxylic acids is 1. The third kappa shape index (κ3) is 6.38. The van der Waals surface area contributed by atoms with E-state index in [0.29, 0.717) is 13.2 Å². The lowest BCUT2D eigenvalue weighted by atomic mass is 10.3. The van der Waals surface area contributed by atoms with Crippen molar-refractivity contribution in [2.75, 3.05) is 26.9 Å². The van der Waals surface area contributed by atoms with Gasteiger partial charge in [-0.15, -0.1) is 0 Å². The Morgan fingerprint density at radius 3 is 2.50 bits per heavy atom. The zero-order valence-corrected chi connectivity index (χ0v) is 8.28. The summed E-state index contributed by atoms with van der Waals surface area (Å²) in [6.07, 6.45) is 0. The Labute approximate surface area is 82.2 Å². The second-order valence-corrected chi connectivity index (χ2v) is 2.66. The van der Waals surface area contributed by atoms with Gasteiger partial charge < -0.3 is 19.9 Å². The van der Waals surface area contributed by atoms with Gasteiger partial charge in [0, 0.05) is 14.0 Å². The van der Waals surface area contributed by atoms with E-state index in [9.17, 15) is 9.59 Å². The summed E-state index contributed by atoms with van der Waals surface area (Å²) in [5.41, 5.74) is 0. The molecule has 1 atom stereocenters. The molecule has 14 heavy (non-hydrogen) atoms. The molecule has 2 N–H and O–H groups in total. The standard InChI is InChI=1S/C8H15NO5/c1-6(10)9-7(8(11)12)5-14-4-3-13-2/h7H,3-5H2,1-2H3,(H,9,10)(H,11,12)/t7-/m1/s1. The van der Waals surface area contributed by atoms with E-state index in [0.717, 1.165) is 0 Å². The Morgan fingerprint density at radius 2 is 2.07 bits per heavy atom. The monoisotopic (exact) mass is 205 g/mol. The molecule has 0 fully saturated rings.